The summed E-state index contributed by atoms with van der Waals surface area (Å²) < 4.78 is 14.7. The number of β-amino-alcohol motifs (C(OH)–C–C–N with tert-alkyl or cyclic N) is 1. The number of ether oxygens (including phenoxy) is 2. The molecular formula is C18H18Cl2N4O3S. The maximum Gasteiger partial charge on any atom is 0.203 e. The predicted octanol–water partition coefficient (Wildman–Crippen LogP) is 3.70. The molecule has 1 N–H and O–H groups in total. The Balaban J connectivity index is 1.70. The molecule has 1 aromatic carbocycles. The molecule has 1 aliphatic rings. The van der Waals surface area contributed by atoms with Gasteiger partial charge >= 0.3 is 0 Å². The second kappa shape index (κ2) is 7.53. The van der Waals surface area contributed by atoms with Crippen LogP contribution in [-0.2, 0) is 13.2 Å². The highest BCUT2D eigenvalue weighted by Gasteiger charge is 2.30. The Morgan fingerprint density at radius 2 is 1.96 bits per heavy atom. The molecule has 148 valence electrons. The number of aliphatic hydroxyl groups excluding tert-OH is 1. The molecule has 1 unspecified atom stereocenters. The minimum atomic E-state index is -0.724. The lowest BCUT2D eigenvalue weighted by Gasteiger charge is -2.33. The van der Waals surface area contributed by atoms with Crippen LogP contribution in [0, 0.1) is 4.77 Å². The highest BCUT2D eigenvalue weighted by atomic mass is 35.5. The lowest BCUT2D eigenvalue weighted by atomic mass is 9.95. The maximum absolute atomic E-state index is 10.8. The number of halogens is 2. The SMILES string of the molecule is COc1ccc(OC)c2c1CN(Cn1nc3c(Cl)cc(Cl)cn3c1=S)CC2O. The van der Waals surface area contributed by atoms with Gasteiger partial charge in [0.25, 0.3) is 0 Å². The number of fused-ring (bicyclic) bond motifs is 2. The van der Waals surface area contributed by atoms with E-state index in [9.17, 15) is 5.11 Å². The molecule has 1 atom stereocenters. The van der Waals surface area contributed by atoms with E-state index in [1.165, 1.54) is 0 Å². The smallest absolute Gasteiger partial charge is 0.203 e. The van der Waals surface area contributed by atoms with Crippen molar-refractivity contribution in [1.29, 1.82) is 0 Å². The Labute approximate surface area is 176 Å². The highest BCUT2D eigenvalue weighted by molar-refractivity contribution is 7.71. The summed E-state index contributed by atoms with van der Waals surface area (Å²) in [6, 6.07) is 5.27. The average Bonchev–Trinajstić information content (AvgIpc) is 2.97. The molecule has 10 heteroatoms. The van der Waals surface area contributed by atoms with Gasteiger partial charge in [-0.25, -0.2) is 4.68 Å². The molecule has 4 rings (SSSR count). The van der Waals surface area contributed by atoms with Gasteiger partial charge < -0.3 is 14.6 Å². The van der Waals surface area contributed by atoms with Crippen LogP contribution in [0.1, 0.15) is 17.2 Å². The van der Waals surface area contributed by atoms with Crippen LogP contribution in [0.3, 0.4) is 0 Å². The van der Waals surface area contributed by atoms with E-state index < -0.39 is 6.10 Å². The van der Waals surface area contributed by atoms with E-state index in [2.05, 4.69) is 5.10 Å². The molecule has 0 spiro atoms. The van der Waals surface area contributed by atoms with Crippen molar-refractivity contribution >= 4 is 41.1 Å². The number of pyridine rings is 1. The minimum Gasteiger partial charge on any atom is -0.496 e. The third-order valence-corrected chi connectivity index (χ3v) is 5.69. The van der Waals surface area contributed by atoms with Gasteiger partial charge in [-0.05, 0) is 30.4 Å². The van der Waals surface area contributed by atoms with Crippen LogP contribution in [0.2, 0.25) is 10.0 Å². The van der Waals surface area contributed by atoms with Gasteiger partial charge in [0.2, 0.25) is 4.77 Å². The van der Waals surface area contributed by atoms with Crippen LogP contribution in [0.15, 0.2) is 24.4 Å². The fourth-order valence-electron chi connectivity index (χ4n) is 3.58. The van der Waals surface area contributed by atoms with Crippen molar-refractivity contribution in [1.82, 2.24) is 19.1 Å². The van der Waals surface area contributed by atoms with Gasteiger partial charge in [-0.2, -0.15) is 0 Å². The molecule has 3 aromatic rings. The fourth-order valence-corrected chi connectivity index (χ4v) is 4.33. The first-order valence-corrected chi connectivity index (χ1v) is 9.67. The molecule has 0 bridgehead atoms. The van der Waals surface area contributed by atoms with Crippen LogP contribution in [0.4, 0.5) is 0 Å². The number of nitrogens with zero attached hydrogens (tertiary/aromatic N) is 4. The number of benzene rings is 1. The zero-order valence-electron chi connectivity index (χ0n) is 15.2. The summed E-state index contributed by atoms with van der Waals surface area (Å²) in [6.07, 6.45) is 0.959. The third-order valence-electron chi connectivity index (χ3n) is 4.80. The van der Waals surface area contributed by atoms with Crippen molar-refractivity contribution in [2.24, 2.45) is 0 Å². The Kier molecular flexibility index (Phi) is 5.24. The first kappa shape index (κ1) is 19.5. The molecule has 0 saturated carbocycles. The number of hydrogen-bond donors (Lipinski definition) is 1. The van der Waals surface area contributed by atoms with E-state index in [1.54, 1.807) is 41.6 Å². The van der Waals surface area contributed by atoms with E-state index in [4.69, 9.17) is 44.9 Å². The summed E-state index contributed by atoms with van der Waals surface area (Å²) in [4.78, 5) is 2.03. The van der Waals surface area contributed by atoms with Gasteiger partial charge in [0.15, 0.2) is 5.65 Å². The summed E-state index contributed by atoms with van der Waals surface area (Å²) in [5, 5.41) is 16.2. The number of hydrogen-bond acceptors (Lipinski definition) is 6. The summed E-state index contributed by atoms with van der Waals surface area (Å²) in [7, 11) is 3.20. The monoisotopic (exact) mass is 440 g/mol. The molecule has 0 radical (unpaired) electrons. The fraction of sp³-hybridized carbons (Fsp3) is 0.333. The second-order valence-corrected chi connectivity index (χ2v) is 7.72. The molecule has 1 aliphatic heterocycles. The Bertz CT molecular complexity index is 1110. The van der Waals surface area contributed by atoms with Crippen LogP contribution in [-0.4, -0.2) is 45.0 Å². The van der Waals surface area contributed by atoms with Crippen molar-refractivity contribution < 1.29 is 14.6 Å². The number of aliphatic hydroxyl groups is 1. The quantitative estimate of drug-likeness (QED) is 0.624. The molecule has 0 fully saturated rings. The normalized spacial score (nSPS) is 17.0. The van der Waals surface area contributed by atoms with Gasteiger partial charge in [0.05, 0.1) is 37.0 Å². The van der Waals surface area contributed by atoms with Crippen LogP contribution in [0.5, 0.6) is 11.5 Å². The summed E-state index contributed by atoms with van der Waals surface area (Å²) in [5.74, 6) is 1.35. The molecule has 2 aromatic heterocycles. The second-order valence-electron chi connectivity index (χ2n) is 6.51. The van der Waals surface area contributed by atoms with E-state index in [1.807, 2.05) is 11.0 Å². The first-order chi connectivity index (χ1) is 13.4. The van der Waals surface area contributed by atoms with E-state index >= 15 is 0 Å². The van der Waals surface area contributed by atoms with Crippen molar-refractivity contribution in [3.63, 3.8) is 0 Å². The topological polar surface area (TPSA) is 64.2 Å². The average molecular weight is 441 g/mol. The van der Waals surface area contributed by atoms with Gasteiger partial charge in [-0.15, -0.1) is 5.10 Å². The van der Waals surface area contributed by atoms with E-state index in [0.29, 0.717) is 51.7 Å². The minimum absolute atomic E-state index is 0.380. The standard InChI is InChI=1S/C18H18Cl2N4O3S/c1-26-14-3-4-15(27-2)16-11(14)7-22(8-13(16)25)9-24-18(28)23-6-10(19)5-12(20)17(23)21-24/h3-6,13,25H,7-9H2,1-2H3. The Hall–Kier alpha value is -1.84. The summed E-state index contributed by atoms with van der Waals surface area (Å²) in [5.41, 5.74) is 2.18. The third kappa shape index (κ3) is 3.25. The molecule has 0 saturated heterocycles. The van der Waals surface area contributed by atoms with Crippen molar-refractivity contribution in [3.8, 4) is 11.5 Å². The number of rotatable bonds is 4. The van der Waals surface area contributed by atoms with Gasteiger partial charge in [0.1, 0.15) is 11.5 Å². The van der Waals surface area contributed by atoms with Crippen LogP contribution < -0.4 is 9.47 Å². The van der Waals surface area contributed by atoms with Gasteiger partial charge in [-0.1, -0.05) is 23.2 Å². The molecule has 0 amide bonds. The lowest BCUT2D eigenvalue weighted by Crippen LogP contribution is -2.36. The summed E-state index contributed by atoms with van der Waals surface area (Å²) in [6.45, 7) is 1.34. The van der Waals surface area contributed by atoms with E-state index in [-0.39, 0.29) is 0 Å². The Morgan fingerprint density at radius 3 is 2.68 bits per heavy atom. The van der Waals surface area contributed by atoms with Gasteiger partial charge in [-0.3, -0.25) is 9.30 Å². The van der Waals surface area contributed by atoms with Crippen LogP contribution in [0.25, 0.3) is 5.65 Å². The van der Waals surface area contributed by atoms with E-state index in [0.717, 1.165) is 11.1 Å². The lowest BCUT2D eigenvalue weighted by molar-refractivity contribution is 0.0671. The first-order valence-electron chi connectivity index (χ1n) is 8.51. The van der Waals surface area contributed by atoms with Crippen LogP contribution >= 0.6 is 35.4 Å². The maximum atomic E-state index is 10.8. The predicted molar refractivity (Wildman–Crippen MR) is 109 cm³/mol. The molecule has 7 nitrogen and oxygen atoms in total. The van der Waals surface area contributed by atoms with Crippen molar-refractivity contribution in [2.45, 2.75) is 19.3 Å². The molecule has 3 heterocycles. The van der Waals surface area contributed by atoms with Crippen molar-refractivity contribution in [3.05, 3.63) is 50.3 Å². The Morgan fingerprint density at radius 1 is 1.25 bits per heavy atom. The van der Waals surface area contributed by atoms with Crippen molar-refractivity contribution in [2.75, 3.05) is 20.8 Å². The number of aromatic nitrogens is 3. The largest absolute Gasteiger partial charge is 0.496 e. The molecule has 0 aliphatic carbocycles. The van der Waals surface area contributed by atoms with Gasteiger partial charge in [0, 0.05) is 30.4 Å². The zero-order valence-corrected chi connectivity index (χ0v) is 17.6. The highest BCUT2D eigenvalue weighted by Crippen LogP contribution is 2.39. The summed E-state index contributed by atoms with van der Waals surface area (Å²) >= 11 is 17.8. The molecular weight excluding hydrogens is 423 g/mol. The zero-order chi connectivity index (χ0) is 20.0. The number of methoxy groups -OCH3 is 2. The molecule has 28 heavy (non-hydrogen) atoms.